The summed E-state index contributed by atoms with van der Waals surface area (Å²) < 4.78 is 45.3. The van der Waals surface area contributed by atoms with Crippen LogP contribution in [0.4, 0.5) is 13.2 Å². The molecule has 2 nitrogen and oxygen atoms in total. The Morgan fingerprint density at radius 1 is 1.24 bits per heavy atom. The van der Waals surface area contributed by atoms with E-state index >= 15 is 0 Å². The molecule has 0 unspecified atom stereocenters. The highest BCUT2D eigenvalue weighted by Crippen LogP contribution is 2.38. The van der Waals surface area contributed by atoms with Crippen molar-refractivity contribution in [3.05, 3.63) is 33.8 Å². The Bertz CT molecular complexity index is 485. The van der Waals surface area contributed by atoms with Crippen LogP contribution in [0.3, 0.4) is 0 Å². The Kier molecular flexibility index (Phi) is 5.52. The van der Waals surface area contributed by atoms with Gasteiger partial charge in [0.25, 0.3) is 0 Å². The number of morpholine rings is 1. The van der Waals surface area contributed by atoms with Crippen LogP contribution in [0, 0.1) is 0 Å². The maximum absolute atomic E-state index is 13.3. The van der Waals surface area contributed by atoms with Gasteiger partial charge in [-0.1, -0.05) is 24.6 Å². The van der Waals surface area contributed by atoms with Crippen molar-refractivity contribution in [2.75, 3.05) is 32.8 Å². The zero-order chi connectivity index (χ0) is 15.5. The van der Waals surface area contributed by atoms with E-state index in [4.69, 9.17) is 16.3 Å². The zero-order valence-electron chi connectivity index (χ0n) is 12.0. The Balaban J connectivity index is 2.24. The van der Waals surface area contributed by atoms with Gasteiger partial charge >= 0.3 is 6.18 Å². The third-order valence-electron chi connectivity index (χ3n) is 3.79. The summed E-state index contributed by atoms with van der Waals surface area (Å²) in [4.78, 5) is 2.11. The predicted molar refractivity (Wildman–Crippen MR) is 76.8 cm³/mol. The molecule has 1 aromatic rings. The molecule has 2 rings (SSSR count). The third kappa shape index (κ3) is 4.11. The summed E-state index contributed by atoms with van der Waals surface area (Å²) in [7, 11) is 0. The second-order valence-corrected chi connectivity index (χ2v) is 5.52. The zero-order valence-corrected chi connectivity index (χ0v) is 12.7. The van der Waals surface area contributed by atoms with Gasteiger partial charge in [0.1, 0.15) is 0 Å². The molecule has 1 aliphatic heterocycles. The maximum Gasteiger partial charge on any atom is 0.416 e. The largest absolute Gasteiger partial charge is 0.416 e. The van der Waals surface area contributed by atoms with Crippen LogP contribution in [0.15, 0.2) is 12.1 Å². The van der Waals surface area contributed by atoms with E-state index in [1.807, 2.05) is 0 Å². The van der Waals surface area contributed by atoms with E-state index in [1.54, 1.807) is 13.0 Å². The van der Waals surface area contributed by atoms with Crippen molar-refractivity contribution >= 4 is 11.6 Å². The van der Waals surface area contributed by atoms with Crippen LogP contribution in [0.25, 0.3) is 0 Å². The van der Waals surface area contributed by atoms with Crippen molar-refractivity contribution in [1.82, 2.24) is 4.90 Å². The van der Waals surface area contributed by atoms with Crippen LogP contribution < -0.4 is 0 Å². The number of rotatable bonds is 4. The van der Waals surface area contributed by atoms with E-state index in [1.165, 1.54) is 6.07 Å². The number of halogens is 4. The Morgan fingerprint density at radius 3 is 2.48 bits per heavy atom. The fourth-order valence-electron chi connectivity index (χ4n) is 2.66. The first-order valence-electron chi connectivity index (χ1n) is 7.11. The predicted octanol–water partition coefficient (Wildman–Crippen LogP) is 3.80. The summed E-state index contributed by atoms with van der Waals surface area (Å²) in [6.07, 6.45) is -3.71. The van der Waals surface area contributed by atoms with Crippen LogP contribution in [-0.4, -0.2) is 37.7 Å². The molecule has 1 fully saturated rings. The molecule has 0 radical (unpaired) electrons. The minimum absolute atomic E-state index is 0.202. The van der Waals surface area contributed by atoms with Gasteiger partial charge in [0.05, 0.1) is 18.8 Å². The van der Waals surface area contributed by atoms with Gasteiger partial charge in [0.2, 0.25) is 0 Å². The first kappa shape index (κ1) is 16.6. The molecule has 1 saturated heterocycles. The molecule has 0 spiro atoms. The standard InChI is InChI=1S/C15H19ClF3NO/c1-2-11-3-4-13(16)12(14(11)15(17,18)19)5-6-20-7-9-21-10-8-20/h3-4H,2,5-10H2,1H3. The Hall–Kier alpha value is -0.780. The lowest BCUT2D eigenvalue weighted by Crippen LogP contribution is -2.37. The molecule has 0 aromatic heterocycles. The van der Waals surface area contributed by atoms with E-state index < -0.39 is 11.7 Å². The third-order valence-corrected chi connectivity index (χ3v) is 4.14. The fraction of sp³-hybridized carbons (Fsp3) is 0.600. The lowest BCUT2D eigenvalue weighted by Gasteiger charge is -2.27. The summed E-state index contributed by atoms with van der Waals surface area (Å²) in [6.45, 7) is 5.08. The Labute approximate surface area is 127 Å². The molecule has 0 saturated carbocycles. The average molecular weight is 322 g/mol. The molecule has 118 valence electrons. The van der Waals surface area contributed by atoms with Gasteiger partial charge in [-0.15, -0.1) is 0 Å². The molecule has 0 N–H and O–H groups in total. The number of hydrogen-bond acceptors (Lipinski definition) is 2. The molecular weight excluding hydrogens is 303 g/mol. The van der Waals surface area contributed by atoms with Crippen LogP contribution >= 0.6 is 11.6 Å². The van der Waals surface area contributed by atoms with E-state index in [2.05, 4.69) is 4.90 Å². The lowest BCUT2D eigenvalue weighted by atomic mass is 9.96. The summed E-state index contributed by atoms with van der Waals surface area (Å²) in [6, 6.07) is 3.05. The smallest absolute Gasteiger partial charge is 0.379 e. The van der Waals surface area contributed by atoms with Gasteiger partial charge < -0.3 is 4.74 Å². The van der Waals surface area contributed by atoms with Crippen molar-refractivity contribution in [2.45, 2.75) is 25.9 Å². The summed E-state index contributed by atoms with van der Waals surface area (Å²) in [5.74, 6) is 0. The first-order valence-corrected chi connectivity index (χ1v) is 7.48. The normalized spacial score (nSPS) is 17.2. The lowest BCUT2D eigenvalue weighted by molar-refractivity contribution is -0.138. The summed E-state index contributed by atoms with van der Waals surface area (Å²) in [5, 5.41) is 0.202. The summed E-state index contributed by atoms with van der Waals surface area (Å²) >= 11 is 6.04. The van der Waals surface area contributed by atoms with Crippen LogP contribution in [0.5, 0.6) is 0 Å². The van der Waals surface area contributed by atoms with Gasteiger partial charge in [0, 0.05) is 24.7 Å². The molecule has 21 heavy (non-hydrogen) atoms. The van der Waals surface area contributed by atoms with Gasteiger partial charge in [-0.3, -0.25) is 4.90 Å². The van der Waals surface area contributed by atoms with Crippen LogP contribution in [0.1, 0.15) is 23.6 Å². The first-order chi connectivity index (χ1) is 9.93. The number of nitrogens with zero attached hydrogens (tertiary/aromatic N) is 1. The second-order valence-electron chi connectivity index (χ2n) is 5.12. The van der Waals surface area contributed by atoms with Crippen molar-refractivity contribution in [3.8, 4) is 0 Å². The minimum atomic E-state index is -4.36. The monoisotopic (exact) mass is 321 g/mol. The van der Waals surface area contributed by atoms with E-state index in [0.717, 1.165) is 13.1 Å². The van der Waals surface area contributed by atoms with Gasteiger partial charge in [-0.25, -0.2) is 0 Å². The van der Waals surface area contributed by atoms with Gasteiger partial charge in [-0.2, -0.15) is 13.2 Å². The SMILES string of the molecule is CCc1ccc(Cl)c(CCN2CCOCC2)c1C(F)(F)F. The van der Waals surface area contributed by atoms with Crippen molar-refractivity contribution in [2.24, 2.45) is 0 Å². The minimum Gasteiger partial charge on any atom is -0.379 e. The van der Waals surface area contributed by atoms with E-state index in [0.29, 0.717) is 38.2 Å². The van der Waals surface area contributed by atoms with E-state index in [9.17, 15) is 13.2 Å². The molecule has 1 heterocycles. The number of alkyl halides is 3. The highest BCUT2D eigenvalue weighted by atomic mass is 35.5. The van der Waals surface area contributed by atoms with Crippen LogP contribution in [0.2, 0.25) is 5.02 Å². The van der Waals surface area contributed by atoms with Gasteiger partial charge in [0.15, 0.2) is 0 Å². The number of hydrogen-bond donors (Lipinski definition) is 0. The molecule has 0 aliphatic carbocycles. The number of aryl methyl sites for hydroxylation is 1. The van der Waals surface area contributed by atoms with Crippen LogP contribution in [-0.2, 0) is 23.8 Å². The maximum atomic E-state index is 13.3. The van der Waals surface area contributed by atoms with E-state index in [-0.39, 0.29) is 10.6 Å². The fourth-order valence-corrected chi connectivity index (χ4v) is 2.91. The highest BCUT2D eigenvalue weighted by Gasteiger charge is 2.36. The summed E-state index contributed by atoms with van der Waals surface area (Å²) in [5.41, 5.74) is -0.0235. The quantitative estimate of drug-likeness (QED) is 0.836. The molecule has 1 aliphatic rings. The molecule has 6 heteroatoms. The molecular formula is C15H19ClF3NO. The Morgan fingerprint density at radius 2 is 1.90 bits per heavy atom. The number of benzene rings is 1. The molecule has 1 aromatic carbocycles. The highest BCUT2D eigenvalue weighted by molar-refractivity contribution is 6.31. The van der Waals surface area contributed by atoms with Crippen molar-refractivity contribution in [1.29, 1.82) is 0 Å². The van der Waals surface area contributed by atoms with Crippen molar-refractivity contribution < 1.29 is 17.9 Å². The molecule has 0 atom stereocenters. The topological polar surface area (TPSA) is 12.5 Å². The van der Waals surface area contributed by atoms with Crippen molar-refractivity contribution in [3.63, 3.8) is 0 Å². The molecule has 0 bridgehead atoms. The average Bonchev–Trinajstić information content (AvgIpc) is 2.45. The molecule has 0 amide bonds. The number of ether oxygens (including phenoxy) is 1. The van der Waals surface area contributed by atoms with Gasteiger partial charge in [-0.05, 0) is 30.0 Å². The second kappa shape index (κ2) is 6.99.